The van der Waals surface area contributed by atoms with E-state index in [9.17, 15) is 9.90 Å². The van der Waals surface area contributed by atoms with Crippen molar-refractivity contribution in [1.29, 1.82) is 0 Å². The van der Waals surface area contributed by atoms with Crippen molar-refractivity contribution >= 4 is 27.7 Å². The number of carbonyl (C=O) groups excluding carboxylic acids is 1. The summed E-state index contributed by atoms with van der Waals surface area (Å²) in [7, 11) is 4.12. The second kappa shape index (κ2) is 7.94. The molecule has 0 aliphatic carbocycles. The number of hydrogen-bond acceptors (Lipinski definition) is 3. The van der Waals surface area contributed by atoms with E-state index in [1.165, 1.54) is 10.8 Å². The molecule has 2 aromatic carbocycles. The summed E-state index contributed by atoms with van der Waals surface area (Å²) in [5.74, 6) is 0.751. The second-order valence-electron chi connectivity index (χ2n) is 8.44. The van der Waals surface area contributed by atoms with Gasteiger partial charge < -0.3 is 19.9 Å². The number of nitrogens with one attached hydrogen (secondary N) is 1. The topological polar surface area (TPSA) is 59.6 Å². The van der Waals surface area contributed by atoms with Gasteiger partial charge >= 0.3 is 0 Å². The molecule has 0 spiro atoms. The maximum atomic E-state index is 13.0. The highest BCUT2D eigenvalue weighted by molar-refractivity contribution is 6.07. The molecule has 1 fully saturated rings. The quantitative estimate of drug-likeness (QED) is 0.717. The molecule has 2 N–H and O–H groups in total. The van der Waals surface area contributed by atoms with Gasteiger partial charge in [-0.05, 0) is 56.1 Å². The zero-order valence-electron chi connectivity index (χ0n) is 16.7. The molecular formula is C23H29N3O2. The summed E-state index contributed by atoms with van der Waals surface area (Å²) in [5, 5.41) is 12.0. The Labute approximate surface area is 165 Å². The first-order chi connectivity index (χ1) is 13.5. The molecule has 0 unspecified atom stereocenters. The van der Waals surface area contributed by atoms with Crippen LogP contribution in [0.5, 0.6) is 0 Å². The van der Waals surface area contributed by atoms with Crippen LogP contribution in [0.3, 0.4) is 0 Å². The number of benzene rings is 2. The third kappa shape index (κ3) is 3.91. The minimum atomic E-state index is 0.148. The second-order valence-corrected chi connectivity index (χ2v) is 8.44. The number of likely N-dealkylation sites (tertiary alicyclic amines) is 1. The number of para-hydroxylation sites is 1. The fraction of sp³-hybridized carbons (Fsp3) is 0.435. The third-order valence-corrected chi connectivity index (χ3v) is 5.78. The van der Waals surface area contributed by atoms with Crippen LogP contribution in [0.4, 0.5) is 0 Å². The highest BCUT2D eigenvalue weighted by Gasteiger charge is 2.29. The first-order valence-corrected chi connectivity index (χ1v) is 10.1. The first-order valence-electron chi connectivity index (χ1n) is 10.1. The Hall–Kier alpha value is -2.37. The zero-order valence-corrected chi connectivity index (χ0v) is 16.7. The Kier molecular flexibility index (Phi) is 5.38. The number of nitrogens with zero attached hydrogens (tertiary/aromatic N) is 2. The van der Waals surface area contributed by atoms with Crippen molar-refractivity contribution in [3.63, 3.8) is 0 Å². The van der Waals surface area contributed by atoms with E-state index in [0.717, 1.165) is 36.1 Å². The lowest BCUT2D eigenvalue weighted by Crippen LogP contribution is -2.47. The molecule has 5 nitrogen and oxygen atoms in total. The highest BCUT2D eigenvalue weighted by Crippen LogP contribution is 2.27. The van der Waals surface area contributed by atoms with Gasteiger partial charge in [-0.3, -0.25) is 4.79 Å². The van der Waals surface area contributed by atoms with Crippen LogP contribution in [-0.4, -0.2) is 66.1 Å². The van der Waals surface area contributed by atoms with E-state index in [0.29, 0.717) is 18.9 Å². The van der Waals surface area contributed by atoms with Gasteiger partial charge in [0.25, 0.3) is 0 Å². The van der Waals surface area contributed by atoms with E-state index < -0.39 is 0 Å². The summed E-state index contributed by atoms with van der Waals surface area (Å²) < 4.78 is 0. The third-order valence-electron chi connectivity index (χ3n) is 5.78. The van der Waals surface area contributed by atoms with Crippen LogP contribution >= 0.6 is 0 Å². The predicted molar refractivity (Wildman–Crippen MR) is 113 cm³/mol. The molecule has 3 aromatic rings. The summed E-state index contributed by atoms with van der Waals surface area (Å²) in [4.78, 5) is 20.6. The Bertz CT molecular complexity index is 978. The lowest BCUT2D eigenvalue weighted by atomic mass is 9.89. The van der Waals surface area contributed by atoms with E-state index in [4.69, 9.17) is 0 Å². The van der Waals surface area contributed by atoms with Crippen LogP contribution in [0.2, 0.25) is 0 Å². The molecule has 1 saturated heterocycles. The van der Waals surface area contributed by atoms with Crippen LogP contribution in [0.15, 0.2) is 42.5 Å². The molecule has 1 aromatic heterocycles. The molecule has 2 heterocycles. The first kappa shape index (κ1) is 19.0. The Morgan fingerprint density at radius 2 is 1.86 bits per heavy atom. The maximum Gasteiger partial charge on any atom is 0.227 e. The smallest absolute Gasteiger partial charge is 0.227 e. The Morgan fingerprint density at radius 1 is 1.11 bits per heavy atom. The van der Waals surface area contributed by atoms with Crippen LogP contribution in [0.1, 0.15) is 12.0 Å². The van der Waals surface area contributed by atoms with Crippen molar-refractivity contribution in [3.8, 4) is 0 Å². The molecule has 148 valence electrons. The summed E-state index contributed by atoms with van der Waals surface area (Å²) >= 11 is 0. The summed E-state index contributed by atoms with van der Waals surface area (Å²) in [6.07, 6.45) is 1.39. The van der Waals surface area contributed by atoms with Gasteiger partial charge in [-0.2, -0.15) is 0 Å². The number of carbonyl (C=O) groups is 1. The average molecular weight is 380 g/mol. The van der Waals surface area contributed by atoms with E-state index in [-0.39, 0.29) is 18.4 Å². The number of fused-ring (bicyclic) bond motifs is 3. The van der Waals surface area contributed by atoms with E-state index in [1.807, 2.05) is 23.1 Å². The molecule has 5 heteroatoms. The molecule has 4 rings (SSSR count). The van der Waals surface area contributed by atoms with Gasteiger partial charge in [-0.1, -0.05) is 24.3 Å². The van der Waals surface area contributed by atoms with Gasteiger partial charge in [-0.15, -0.1) is 0 Å². The van der Waals surface area contributed by atoms with Gasteiger partial charge in [-0.25, -0.2) is 0 Å². The molecule has 0 radical (unpaired) electrons. The minimum absolute atomic E-state index is 0.148. The largest absolute Gasteiger partial charge is 0.396 e. The normalized spacial score (nSPS) is 20.4. The predicted octanol–water partition coefficient (Wildman–Crippen LogP) is 2.88. The maximum absolute atomic E-state index is 13.0. The molecule has 1 aliphatic heterocycles. The lowest BCUT2D eigenvalue weighted by molar-refractivity contribution is -0.133. The Balaban J connectivity index is 1.52. The van der Waals surface area contributed by atoms with Gasteiger partial charge in [0.1, 0.15) is 0 Å². The van der Waals surface area contributed by atoms with Gasteiger partial charge in [0.05, 0.1) is 6.42 Å². The fourth-order valence-corrected chi connectivity index (χ4v) is 4.59. The van der Waals surface area contributed by atoms with Crippen LogP contribution in [-0.2, 0) is 11.2 Å². The minimum Gasteiger partial charge on any atom is -0.396 e. The highest BCUT2D eigenvalue weighted by atomic mass is 16.3. The fourth-order valence-electron chi connectivity index (χ4n) is 4.59. The van der Waals surface area contributed by atoms with Crippen molar-refractivity contribution in [2.24, 2.45) is 11.8 Å². The van der Waals surface area contributed by atoms with Gasteiger partial charge in [0, 0.05) is 48.0 Å². The molecule has 1 amide bonds. The number of rotatable bonds is 5. The van der Waals surface area contributed by atoms with Crippen molar-refractivity contribution in [2.75, 3.05) is 40.3 Å². The summed E-state index contributed by atoms with van der Waals surface area (Å²) in [5.41, 5.74) is 3.26. The molecular weight excluding hydrogens is 350 g/mol. The monoisotopic (exact) mass is 379 g/mol. The molecule has 0 saturated carbocycles. The van der Waals surface area contributed by atoms with E-state index >= 15 is 0 Å². The molecule has 0 bridgehead atoms. The SMILES string of the molecule is CN(C)C[C@@H]1C[C@H](CO)CN(C(=O)Cc2ccc3[nH]c4ccccc4c3c2)C1. The van der Waals surface area contributed by atoms with Crippen LogP contribution in [0, 0.1) is 11.8 Å². The number of aromatic amines is 1. The summed E-state index contributed by atoms with van der Waals surface area (Å²) in [6.45, 7) is 2.54. The van der Waals surface area contributed by atoms with Gasteiger partial charge in [0.2, 0.25) is 5.91 Å². The number of hydrogen-bond donors (Lipinski definition) is 2. The van der Waals surface area contributed by atoms with E-state index in [1.54, 1.807) is 0 Å². The number of piperidine rings is 1. The van der Waals surface area contributed by atoms with Crippen molar-refractivity contribution in [1.82, 2.24) is 14.8 Å². The van der Waals surface area contributed by atoms with Gasteiger partial charge in [0.15, 0.2) is 0 Å². The molecule has 1 aliphatic rings. The lowest BCUT2D eigenvalue weighted by Gasteiger charge is -2.38. The number of H-pyrrole nitrogens is 1. The van der Waals surface area contributed by atoms with E-state index in [2.05, 4.69) is 48.2 Å². The van der Waals surface area contributed by atoms with Crippen molar-refractivity contribution in [2.45, 2.75) is 12.8 Å². The standard InChI is InChI=1S/C23H29N3O2/c1-25(2)12-17-9-18(15-27)14-26(13-17)23(28)11-16-7-8-22-20(10-16)19-5-3-4-6-21(19)24-22/h3-8,10,17-18,24,27H,9,11-15H2,1-2H3/t17-,18-/m0/s1. The van der Waals surface area contributed by atoms with Crippen LogP contribution in [0.25, 0.3) is 21.8 Å². The summed E-state index contributed by atoms with van der Waals surface area (Å²) in [6, 6.07) is 14.5. The zero-order chi connectivity index (χ0) is 19.7. The number of amides is 1. The number of aliphatic hydroxyl groups is 1. The number of aliphatic hydroxyl groups excluding tert-OH is 1. The molecule has 28 heavy (non-hydrogen) atoms. The van der Waals surface area contributed by atoms with Crippen molar-refractivity contribution in [3.05, 3.63) is 48.0 Å². The number of aromatic nitrogens is 1. The molecule has 2 atom stereocenters. The van der Waals surface area contributed by atoms with Crippen LogP contribution < -0.4 is 0 Å². The van der Waals surface area contributed by atoms with Crippen molar-refractivity contribution < 1.29 is 9.90 Å². The average Bonchev–Trinajstić information content (AvgIpc) is 3.05. The Morgan fingerprint density at radius 3 is 2.64 bits per heavy atom.